The molecule has 3 nitrogen and oxygen atoms in total. The highest BCUT2D eigenvalue weighted by molar-refractivity contribution is 9.10. The number of furan rings is 1. The molecule has 114 valence electrons. The van der Waals surface area contributed by atoms with Crippen LogP contribution in [0.5, 0.6) is 0 Å². The highest BCUT2D eigenvalue weighted by atomic mass is 79.9. The maximum Gasteiger partial charge on any atom is 0.148 e. The summed E-state index contributed by atoms with van der Waals surface area (Å²) in [6.07, 6.45) is 6.38. The van der Waals surface area contributed by atoms with Crippen LogP contribution in [-0.2, 0) is 0 Å². The second kappa shape index (κ2) is 6.51. The molecule has 3 N–H and O–H groups in total. The van der Waals surface area contributed by atoms with Gasteiger partial charge in [-0.3, -0.25) is 5.84 Å². The molecule has 21 heavy (non-hydrogen) atoms. The lowest BCUT2D eigenvalue weighted by Crippen LogP contribution is -2.35. The zero-order chi connectivity index (χ0) is 14.8. The predicted octanol–water partition coefficient (Wildman–Crippen LogP) is 4.92. The minimum atomic E-state index is 0.110. The van der Waals surface area contributed by atoms with E-state index in [9.17, 15) is 0 Å². The van der Waals surface area contributed by atoms with Gasteiger partial charge in [0.25, 0.3) is 0 Å². The van der Waals surface area contributed by atoms with Crippen molar-refractivity contribution in [2.24, 2.45) is 17.7 Å². The lowest BCUT2D eigenvalue weighted by Gasteiger charge is -2.33. The van der Waals surface area contributed by atoms with Crippen LogP contribution < -0.4 is 11.3 Å². The monoisotopic (exact) mass is 350 g/mol. The van der Waals surface area contributed by atoms with E-state index in [1.807, 2.05) is 12.1 Å². The van der Waals surface area contributed by atoms with E-state index in [-0.39, 0.29) is 6.04 Å². The molecular formula is C17H23BrN2O. The zero-order valence-electron chi connectivity index (χ0n) is 12.4. The summed E-state index contributed by atoms with van der Waals surface area (Å²) in [7, 11) is 0. The smallest absolute Gasteiger partial charge is 0.148 e. The fraction of sp³-hybridized carbons (Fsp3) is 0.529. The molecule has 0 aliphatic heterocycles. The largest absolute Gasteiger partial charge is 0.458 e. The third-order valence-electron chi connectivity index (χ3n) is 4.87. The van der Waals surface area contributed by atoms with Gasteiger partial charge in [-0.05, 0) is 52.7 Å². The molecule has 0 bridgehead atoms. The minimum absolute atomic E-state index is 0.110. The van der Waals surface area contributed by atoms with Crippen molar-refractivity contribution >= 4 is 26.9 Å². The fourth-order valence-corrected chi connectivity index (χ4v) is 4.12. The van der Waals surface area contributed by atoms with Gasteiger partial charge in [0.15, 0.2) is 0 Å². The van der Waals surface area contributed by atoms with Crippen LogP contribution in [0, 0.1) is 11.8 Å². The van der Waals surface area contributed by atoms with E-state index in [1.165, 1.54) is 32.1 Å². The Balaban J connectivity index is 1.89. The van der Waals surface area contributed by atoms with E-state index in [1.54, 1.807) is 0 Å². The maximum atomic E-state index is 6.08. The molecule has 0 spiro atoms. The number of benzene rings is 1. The summed E-state index contributed by atoms with van der Waals surface area (Å²) in [5, 5.41) is 1.13. The SMILES string of the molecule is CCC1CCCC(C(NN)c2cc3cccc(Br)c3o2)C1. The van der Waals surface area contributed by atoms with E-state index in [4.69, 9.17) is 10.3 Å². The van der Waals surface area contributed by atoms with Crippen molar-refractivity contribution in [2.75, 3.05) is 0 Å². The summed E-state index contributed by atoms with van der Waals surface area (Å²) >= 11 is 3.55. The second-order valence-corrected chi connectivity index (χ2v) is 7.01. The summed E-state index contributed by atoms with van der Waals surface area (Å²) in [4.78, 5) is 0. The van der Waals surface area contributed by atoms with Crippen LogP contribution in [0.2, 0.25) is 0 Å². The zero-order valence-corrected chi connectivity index (χ0v) is 14.0. The lowest BCUT2D eigenvalue weighted by atomic mass is 9.76. The normalized spacial score (nSPS) is 24.3. The van der Waals surface area contributed by atoms with E-state index in [0.29, 0.717) is 5.92 Å². The first-order valence-electron chi connectivity index (χ1n) is 7.87. The molecular weight excluding hydrogens is 328 g/mol. The Morgan fingerprint density at radius 2 is 2.29 bits per heavy atom. The quantitative estimate of drug-likeness (QED) is 0.607. The Bertz CT molecular complexity index is 610. The van der Waals surface area contributed by atoms with Gasteiger partial charge in [-0.1, -0.05) is 38.3 Å². The van der Waals surface area contributed by atoms with Crippen LogP contribution in [0.15, 0.2) is 33.2 Å². The van der Waals surface area contributed by atoms with Crippen LogP contribution in [-0.4, -0.2) is 0 Å². The Labute approximate surface area is 134 Å². The molecule has 1 fully saturated rings. The van der Waals surface area contributed by atoms with E-state index >= 15 is 0 Å². The first-order valence-corrected chi connectivity index (χ1v) is 8.66. The molecule has 3 unspecified atom stereocenters. The molecule has 2 aromatic rings. The Morgan fingerprint density at radius 3 is 3.00 bits per heavy atom. The highest BCUT2D eigenvalue weighted by Crippen LogP contribution is 2.40. The second-order valence-electron chi connectivity index (χ2n) is 6.15. The Kier molecular flexibility index (Phi) is 4.67. The van der Waals surface area contributed by atoms with Crippen molar-refractivity contribution in [3.05, 3.63) is 34.5 Å². The molecule has 4 heteroatoms. The van der Waals surface area contributed by atoms with Gasteiger partial charge in [-0.25, -0.2) is 5.43 Å². The van der Waals surface area contributed by atoms with Crippen molar-refractivity contribution in [3.63, 3.8) is 0 Å². The van der Waals surface area contributed by atoms with Crippen molar-refractivity contribution in [1.82, 2.24) is 5.43 Å². The fourth-order valence-electron chi connectivity index (χ4n) is 3.66. The topological polar surface area (TPSA) is 51.2 Å². The Hall–Kier alpha value is -0.840. The molecule has 1 heterocycles. The number of hydrogen-bond acceptors (Lipinski definition) is 3. The first-order chi connectivity index (χ1) is 10.2. The molecule has 3 atom stereocenters. The average Bonchev–Trinajstić information content (AvgIpc) is 2.93. The minimum Gasteiger partial charge on any atom is -0.458 e. The molecule has 0 saturated heterocycles. The van der Waals surface area contributed by atoms with Crippen LogP contribution in [0.3, 0.4) is 0 Å². The van der Waals surface area contributed by atoms with Crippen LogP contribution in [0.4, 0.5) is 0 Å². The summed E-state index contributed by atoms with van der Waals surface area (Å²) in [5.74, 6) is 8.21. The van der Waals surface area contributed by atoms with Gasteiger partial charge in [0.05, 0.1) is 10.5 Å². The number of hydrazine groups is 1. The molecule has 1 aliphatic carbocycles. The van der Waals surface area contributed by atoms with Gasteiger partial charge in [-0.15, -0.1) is 0 Å². The van der Waals surface area contributed by atoms with E-state index in [0.717, 1.165) is 27.1 Å². The number of para-hydroxylation sites is 1. The van der Waals surface area contributed by atoms with Gasteiger partial charge in [-0.2, -0.15) is 0 Å². The standard InChI is InChI=1S/C17H23BrN2O/c1-2-11-5-3-6-12(9-11)16(20-19)15-10-13-7-4-8-14(18)17(13)21-15/h4,7-8,10-12,16,20H,2-3,5-6,9,19H2,1H3. The molecule has 0 radical (unpaired) electrons. The molecule has 1 aliphatic rings. The van der Waals surface area contributed by atoms with Crippen LogP contribution in [0.1, 0.15) is 50.8 Å². The summed E-state index contributed by atoms with van der Waals surface area (Å²) < 4.78 is 7.08. The lowest BCUT2D eigenvalue weighted by molar-refractivity contribution is 0.196. The molecule has 0 amide bonds. The van der Waals surface area contributed by atoms with Crippen molar-refractivity contribution in [1.29, 1.82) is 0 Å². The van der Waals surface area contributed by atoms with Gasteiger partial charge in [0.1, 0.15) is 11.3 Å². The number of fused-ring (bicyclic) bond motifs is 1. The van der Waals surface area contributed by atoms with Crippen LogP contribution >= 0.6 is 15.9 Å². The third kappa shape index (κ3) is 3.03. The molecule has 3 rings (SSSR count). The van der Waals surface area contributed by atoms with Crippen molar-refractivity contribution in [3.8, 4) is 0 Å². The Morgan fingerprint density at radius 1 is 1.43 bits per heavy atom. The van der Waals surface area contributed by atoms with Gasteiger partial charge < -0.3 is 4.42 Å². The summed E-state index contributed by atoms with van der Waals surface area (Å²) in [6, 6.07) is 8.36. The van der Waals surface area contributed by atoms with E-state index < -0.39 is 0 Å². The number of nitrogens with two attached hydrogens (primary N) is 1. The molecule has 1 aromatic heterocycles. The number of halogens is 1. The van der Waals surface area contributed by atoms with Crippen LogP contribution in [0.25, 0.3) is 11.0 Å². The number of nitrogens with one attached hydrogen (secondary N) is 1. The molecule has 1 saturated carbocycles. The molecule has 1 aromatic carbocycles. The summed E-state index contributed by atoms with van der Waals surface area (Å²) in [6.45, 7) is 2.29. The van der Waals surface area contributed by atoms with Gasteiger partial charge >= 0.3 is 0 Å². The predicted molar refractivity (Wildman–Crippen MR) is 89.7 cm³/mol. The maximum absolute atomic E-state index is 6.08. The number of hydrogen-bond donors (Lipinski definition) is 2. The van der Waals surface area contributed by atoms with Gasteiger partial charge in [0.2, 0.25) is 0 Å². The van der Waals surface area contributed by atoms with Gasteiger partial charge in [0, 0.05) is 5.39 Å². The van der Waals surface area contributed by atoms with Crippen molar-refractivity contribution < 1.29 is 4.42 Å². The van der Waals surface area contributed by atoms with E-state index in [2.05, 4.69) is 40.4 Å². The first kappa shape index (κ1) is 15.1. The average molecular weight is 351 g/mol. The number of rotatable bonds is 4. The third-order valence-corrected chi connectivity index (χ3v) is 5.50. The van der Waals surface area contributed by atoms with Crippen molar-refractivity contribution in [2.45, 2.75) is 45.1 Å². The summed E-state index contributed by atoms with van der Waals surface area (Å²) in [5.41, 5.74) is 3.92. The highest BCUT2D eigenvalue weighted by Gasteiger charge is 2.30.